The van der Waals surface area contributed by atoms with Crippen LogP contribution in [0.1, 0.15) is 13.3 Å². The minimum atomic E-state index is -0.475. The molecular formula is C7H10O3. The van der Waals surface area contributed by atoms with Crippen LogP contribution in [-0.4, -0.2) is 24.8 Å². The number of aldehydes is 1. The van der Waals surface area contributed by atoms with Crippen molar-refractivity contribution in [3.8, 4) is 0 Å². The lowest BCUT2D eigenvalue weighted by atomic mass is 9.99. The molecule has 0 spiro atoms. The normalized spacial score (nSPS) is 32.1. The maximum absolute atomic E-state index is 10.8. The Bertz CT molecular complexity index is 153. The molecule has 3 nitrogen and oxygen atoms in total. The Kier molecular flexibility index (Phi) is 2.17. The van der Waals surface area contributed by atoms with Crippen molar-refractivity contribution in [1.82, 2.24) is 0 Å². The zero-order valence-electron chi connectivity index (χ0n) is 5.87. The summed E-state index contributed by atoms with van der Waals surface area (Å²) < 4.78 is 4.99. The van der Waals surface area contributed by atoms with Gasteiger partial charge in [-0.15, -0.1) is 0 Å². The number of hydrogen-bond donors (Lipinski definition) is 0. The van der Waals surface area contributed by atoms with Gasteiger partial charge in [0.15, 0.2) is 0 Å². The second kappa shape index (κ2) is 2.92. The molecule has 1 rings (SSSR count). The van der Waals surface area contributed by atoms with Gasteiger partial charge in [-0.25, -0.2) is 0 Å². The van der Waals surface area contributed by atoms with Crippen LogP contribution in [0.15, 0.2) is 0 Å². The molecule has 0 aliphatic carbocycles. The number of rotatable bonds is 2. The van der Waals surface area contributed by atoms with Crippen molar-refractivity contribution in [3.05, 3.63) is 0 Å². The SMILES string of the molecule is CC(=O)C1CCOC1C=O. The molecule has 1 saturated heterocycles. The Morgan fingerprint density at radius 3 is 2.80 bits per heavy atom. The van der Waals surface area contributed by atoms with Crippen LogP contribution in [0.5, 0.6) is 0 Å². The number of ether oxygens (including phenoxy) is 1. The van der Waals surface area contributed by atoms with Crippen molar-refractivity contribution in [2.45, 2.75) is 19.4 Å². The van der Waals surface area contributed by atoms with Crippen LogP contribution in [0.4, 0.5) is 0 Å². The molecule has 2 unspecified atom stereocenters. The molecule has 1 heterocycles. The smallest absolute Gasteiger partial charge is 0.149 e. The summed E-state index contributed by atoms with van der Waals surface area (Å²) in [5.74, 6) is -0.132. The summed E-state index contributed by atoms with van der Waals surface area (Å²) >= 11 is 0. The maximum Gasteiger partial charge on any atom is 0.149 e. The van der Waals surface area contributed by atoms with Crippen LogP contribution < -0.4 is 0 Å². The van der Waals surface area contributed by atoms with Crippen LogP contribution in [0.2, 0.25) is 0 Å². The van der Waals surface area contributed by atoms with Crippen molar-refractivity contribution in [2.75, 3.05) is 6.61 Å². The quantitative estimate of drug-likeness (QED) is 0.516. The van der Waals surface area contributed by atoms with Crippen molar-refractivity contribution in [2.24, 2.45) is 5.92 Å². The highest BCUT2D eigenvalue weighted by molar-refractivity contribution is 5.82. The lowest BCUT2D eigenvalue weighted by Crippen LogP contribution is -2.23. The van der Waals surface area contributed by atoms with Crippen molar-refractivity contribution in [1.29, 1.82) is 0 Å². The van der Waals surface area contributed by atoms with Gasteiger partial charge in [0, 0.05) is 6.61 Å². The van der Waals surface area contributed by atoms with Gasteiger partial charge in [-0.1, -0.05) is 0 Å². The number of carbonyl (C=O) groups is 2. The molecule has 56 valence electrons. The van der Waals surface area contributed by atoms with Gasteiger partial charge in [-0.3, -0.25) is 4.79 Å². The summed E-state index contributed by atoms with van der Waals surface area (Å²) in [4.78, 5) is 21.0. The molecular weight excluding hydrogens is 132 g/mol. The van der Waals surface area contributed by atoms with E-state index >= 15 is 0 Å². The Labute approximate surface area is 59.4 Å². The Balaban J connectivity index is 2.58. The summed E-state index contributed by atoms with van der Waals surface area (Å²) in [7, 11) is 0. The Morgan fingerprint density at radius 1 is 1.70 bits per heavy atom. The van der Waals surface area contributed by atoms with Gasteiger partial charge in [0.25, 0.3) is 0 Å². The van der Waals surface area contributed by atoms with E-state index in [0.29, 0.717) is 19.3 Å². The van der Waals surface area contributed by atoms with Crippen LogP contribution >= 0.6 is 0 Å². The fourth-order valence-corrected chi connectivity index (χ4v) is 1.18. The molecule has 1 aliphatic heterocycles. The van der Waals surface area contributed by atoms with E-state index in [1.54, 1.807) is 0 Å². The first-order valence-electron chi connectivity index (χ1n) is 3.33. The summed E-state index contributed by atoms with van der Waals surface area (Å²) in [6, 6.07) is 0. The third-order valence-electron chi connectivity index (χ3n) is 1.79. The average molecular weight is 142 g/mol. The monoisotopic (exact) mass is 142 g/mol. The number of ketones is 1. The van der Waals surface area contributed by atoms with E-state index in [-0.39, 0.29) is 11.7 Å². The molecule has 0 bridgehead atoms. The molecule has 2 atom stereocenters. The minimum Gasteiger partial charge on any atom is -0.370 e. The number of carbonyl (C=O) groups excluding carboxylic acids is 2. The second-order valence-corrected chi connectivity index (χ2v) is 2.48. The Morgan fingerprint density at radius 2 is 2.40 bits per heavy atom. The molecule has 0 saturated carbocycles. The molecule has 1 fully saturated rings. The molecule has 10 heavy (non-hydrogen) atoms. The Hall–Kier alpha value is -0.700. The van der Waals surface area contributed by atoms with E-state index in [9.17, 15) is 9.59 Å². The molecule has 0 aromatic heterocycles. The zero-order chi connectivity index (χ0) is 7.56. The largest absolute Gasteiger partial charge is 0.370 e. The van der Waals surface area contributed by atoms with Crippen molar-refractivity contribution >= 4 is 12.1 Å². The van der Waals surface area contributed by atoms with E-state index in [1.165, 1.54) is 6.92 Å². The van der Waals surface area contributed by atoms with Gasteiger partial charge >= 0.3 is 0 Å². The van der Waals surface area contributed by atoms with E-state index in [2.05, 4.69) is 0 Å². The zero-order valence-corrected chi connectivity index (χ0v) is 5.87. The fraction of sp³-hybridized carbons (Fsp3) is 0.714. The molecule has 3 heteroatoms. The van der Waals surface area contributed by atoms with Gasteiger partial charge in [-0.05, 0) is 13.3 Å². The molecule has 0 radical (unpaired) electrons. The summed E-state index contributed by atoms with van der Waals surface area (Å²) in [5, 5.41) is 0. The van der Waals surface area contributed by atoms with Gasteiger partial charge in [0.05, 0.1) is 5.92 Å². The summed E-state index contributed by atoms with van der Waals surface area (Å²) in [6.45, 7) is 2.03. The lowest BCUT2D eigenvalue weighted by Gasteiger charge is -2.06. The highest BCUT2D eigenvalue weighted by Gasteiger charge is 2.30. The fourth-order valence-electron chi connectivity index (χ4n) is 1.18. The van der Waals surface area contributed by atoms with Crippen LogP contribution in [0.25, 0.3) is 0 Å². The molecule has 0 aromatic rings. The van der Waals surface area contributed by atoms with Gasteiger partial charge in [0.2, 0.25) is 0 Å². The predicted molar refractivity (Wildman–Crippen MR) is 34.6 cm³/mol. The van der Waals surface area contributed by atoms with Gasteiger partial charge in [0.1, 0.15) is 18.2 Å². The first-order chi connectivity index (χ1) is 4.75. The second-order valence-electron chi connectivity index (χ2n) is 2.48. The highest BCUT2D eigenvalue weighted by atomic mass is 16.5. The molecule has 0 aromatic carbocycles. The summed E-state index contributed by atoms with van der Waals surface area (Å²) in [6.07, 6.45) is 0.926. The van der Waals surface area contributed by atoms with Crippen LogP contribution in [0.3, 0.4) is 0 Å². The first kappa shape index (κ1) is 7.41. The minimum absolute atomic E-state index is 0.0506. The van der Waals surface area contributed by atoms with Gasteiger partial charge in [-0.2, -0.15) is 0 Å². The van der Waals surface area contributed by atoms with E-state index in [1.807, 2.05) is 0 Å². The maximum atomic E-state index is 10.8. The lowest BCUT2D eigenvalue weighted by molar-refractivity contribution is -0.127. The van der Waals surface area contributed by atoms with Crippen molar-refractivity contribution < 1.29 is 14.3 Å². The first-order valence-corrected chi connectivity index (χ1v) is 3.33. The highest BCUT2D eigenvalue weighted by Crippen LogP contribution is 2.19. The van der Waals surface area contributed by atoms with Crippen LogP contribution in [0, 0.1) is 5.92 Å². The number of Topliss-reactive ketones (excluding diaryl/α,β-unsaturated/α-hetero) is 1. The van der Waals surface area contributed by atoms with E-state index < -0.39 is 6.10 Å². The summed E-state index contributed by atoms with van der Waals surface area (Å²) in [5.41, 5.74) is 0. The van der Waals surface area contributed by atoms with Crippen molar-refractivity contribution in [3.63, 3.8) is 0 Å². The third-order valence-corrected chi connectivity index (χ3v) is 1.79. The molecule has 0 N–H and O–H groups in total. The van der Waals surface area contributed by atoms with Gasteiger partial charge < -0.3 is 9.53 Å². The number of hydrogen-bond acceptors (Lipinski definition) is 3. The average Bonchev–Trinajstić information content (AvgIpc) is 2.33. The third kappa shape index (κ3) is 1.24. The topological polar surface area (TPSA) is 43.4 Å². The predicted octanol–water partition coefficient (Wildman–Crippen LogP) is 0.179. The molecule has 1 aliphatic rings. The standard InChI is InChI=1S/C7H10O3/c1-5(9)6-2-3-10-7(6)4-8/h4,6-7H,2-3H2,1H3. The van der Waals surface area contributed by atoms with E-state index in [0.717, 1.165) is 0 Å². The van der Waals surface area contributed by atoms with Crippen LogP contribution in [-0.2, 0) is 14.3 Å². The van der Waals surface area contributed by atoms with E-state index in [4.69, 9.17) is 4.74 Å². The molecule has 0 amide bonds.